The highest BCUT2D eigenvalue weighted by Crippen LogP contribution is 2.45. The Labute approximate surface area is 188 Å². The van der Waals surface area contributed by atoms with Crippen molar-refractivity contribution in [2.45, 2.75) is 49.4 Å². The summed E-state index contributed by atoms with van der Waals surface area (Å²) in [5.41, 5.74) is 2.88. The Balaban J connectivity index is 1.87. The minimum absolute atomic E-state index is 0.459. The average molecular weight is 514 g/mol. The number of thioether (sulfide) groups is 1. The molecule has 0 unspecified atom stereocenters. The van der Waals surface area contributed by atoms with Gasteiger partial charge in [-0.1, -0.05) is 17.8 Å². The molecular formula is C20H18BrF2N3O2S2. The molecule has 1 aliphatic rings. The molecule has 1 aromatic carbocycles. The second-order valence-electron chi connectivity index (χ2n) is 7.53. The quantitative estimate of drug-likeness (QED) is 0.432. The van der Waals surface area contributed by atoms with Crippen LogP contribution in [-0.4, -0.2) is 30.6 Å². The first-order chi connectivity index (χ1) is 14.2. The summed E-state index contributed by atoms with van der Waals surface area (Å²) in [5.74, 6) is -2.70. The lowest BCUT2D eigenvalue weighted by Gasteiger charge is -2.19. The Bertz CT molecular complexity index is 1140. The van der Waals surface area contributed by atoms with Crippen LogP contribution in [0.4, 0.5) is 8.78 Å². The zero-order valence-electron chi connectivity index (χ0n) is 16.2. The van der Waals surface area contributed by atoms with Gasteiger partial charge >= 0.3 is 5.97 Å². The third-order valence-electron chi connectivity index (χ3n) is 5.04. The summed E-state index contributed by atoms with van der Waals surface area (Å²) < 4.78 is 28.6. The summed E-state index contributed by atoms with van der Waals surface area (Å²) in [6, 6.07) is 3.96. The van der Waals surface area contributed by atoms with Crippen LogP contribution in [0.25, 0.3) is 15.4 Å². The molecule has 0 aliphatic heterocycles. The summed E-state index contributed by atoms with van der Waals surface area (Å²) in [6.07, 6.45) is 3.75. The van der Waals surface area contributed by atoms with Crippen LogP contribution in [0.5, 0.6) is 0 Å². The molecule has 0 fully saturated rings. The predicted octanol–water partition coefficient (Wildman–Crippen LogP) is 5.87. The van der Waals surface area contributed by atoms with Crippen molar-refractivity contribution in [3.63, 3.8) is 0 Å². The van der Waals surface area contributed by atoms with Gasteiger partial charge in [-0.05, 0) is 84.3 Å². The molecule has 2 heterocycles. The molecule has 158 valence electrons. The molecule has 0 bridgehead atoms. The van der Waals surface area contributed by atoms with E-state index in [1.54, 1.807) is 19.9 Å². The molecule has 4 rings (SSSR count). The first-order valence-electron chi connectivity index (χ1n) is 9.32. The van der Waals surface area contributed by atoms with Crippen molar-refractivity contribution in [1.82, 2.24) is 14.8 Å². The van der Waals surface area contributed by atoms with Crippen molar-refractivity contribution in [2.24, 2.45) is 0 Å². The molecule has 5 nitrogen and oxygen atoms in total. The Morgan fingerprint density at radius 2 is 1.90 bits per heavy atom. The van der Waals surface area contributed by atoms with Crippen molar-refractivity contribution in [2.75, 3.05) is 0 Å². The van der Waals surface area contributed by atoms with Crippen molar-refractivity contribution in [3.05, 3.63) is 45.7 Å². The Morgan fingerprint density at radius 1 is 1.20 bits per heavy atom. The van der Waals surface area contributed by atoms with Crippen molar-refractivity contribution in [1.29, 1.82) is 0 Å². The van der Waals surface area contributed by atoms with Crippen LogP contribution in [0.15, 0.2) is 28.1 Å². The van der Waals surface area contributed by atoms with Crippen molar-refractivity contribution < 1.29 is 18.7 Å². The predicted molar refractivity (Wildman–Crippen MR) is 117 cm³/mol. The highest BCUT2D eigenvalue weighted by atomic mass is 79.9. The van der Waals surface area contributed by atoms with Gasteiger partial charge < -0.3 is 5.11 Å². The first kappa shape index (κ1) is 21.5. The third-order valence-corrected chi connectivity index (χ3v) is 7.99. The molecule has 10 heteroatoms. The SMILES string of the molecule is CC(C)(Sc1nnc(Br)n1-c1sc(-c2ccc(F)c(F)c2)c2c1CCCC2)C(=O)O. The third kappa shape index (κ3) is 3.80. The lowest BCUT2D eigenvalue weighted by molar-refractivity contribution is -0.138. The first-order valence-corrected chi connectivity index (χ1v) is 11.8. The second-order valence-corrected chi connectivity index (χ2v) is 10.8. The minimum atomic E-state index is -1.09. The van der Waals surface area contributed by atoms with Crippen molar-refractivity contribution in [3.8, 4) is 15.4 Å². The Morgan fingerprint density at radius 3 is 2.57 bits per heavy atom. The number of hydrogen-bond acceptors (Lipinski definition) is 5. The van der Waals surface area contributed by atoms with Crippen LogP contribution in [0.3, 0.4) is 0 Å². The largest absolute Gasteiger partial charge is 0.480 e. The topological polar surface area (TPSA) is 68.0 Å². The van der Waals surface area contributed by atoms with Crippen LogP contribution < -0.4 is 0 Å². The fourth-order valence-corrected chi connectivity index (χ4v) is 6.43. The van der Waals surface area contributed by atoms with Gasteiger partial charge in [-0.2, -0.15) is 0 Å². The number of aliphatic carboxylic acids is 1. The number of hydrogen-bond donors (Lipinski definition) is 1. The summed E-state index contributed by atoms with van der Waals surface area (Å²) in [7, 11) is 0. The minimum Gasteiger partial charge on any atom is -0.480 e. The molecule has 2 aromatic heterocycles. The van der Waals surface area contributed by atoms with Gasteiger partial charge in [-0.15, -0.1) is 21.5 Å². The molecule has 1 N–H and O–H groups in total. The maximum Gasteiger partial charge on any atom is 0.319 e. The van der Waals surface area contributed by atoms with E-state index in [1.807, 2.05) is 4.57 Å². The van der Waals surface area contributed by atoms with E-state index in [1.165, 1.54) is 17.4 Å². The van der Waals surface area contributed by atoms with Crippen molar-refractivity contribution >= 4 is 45.0 Å². The zero-order chi connectivity index (χ0) is 21.6. The maximum atomic E-state index is 13.9. The molecule has 0 atom stereocenters. The molecule has 30 heavy (non-hydrogen) atoms. The lowest BCUT2D eigenvalue weighted by Crippen LogP contribution is -2.27. The van der Waals surface area contributed by atoms with E-state index in [4.69, 9.17) is 0 Å². The molecule has 3 aromatic rings. The average Bonchev–Trinajstić information content (AvgIpc) is 3.24. The molecular weight excluding hydrogens is 496 g/mol. The number of carboxylic acid groups (broad SMARTS) is 1. The number of benzene rings is 1. The highest BCUT2D eigenvalue weighted by Gasteiger charge is 2.33. The fraction of sp³-hybridized carbons (Fsp3) is 0.350. The summed E-state index contributed by atoms with van der Waals surface area (Å²) >= 11 is 6.02. The van der Waals surface area contributed by atoms with Crippen LogP contribution in [0, 0.1) is 11.6 Å². The van der Waals surface area contributed by atoms with E-state index in [0.29, 0.717) is 15.5 Å². The molecule has 0 saturated carbocycles. The normalized spacial score (nSPS) is 14.0. The standard InChI is InChI=1S/C20H18BrF2N3O2S2/c1-20(2,17(27)28)30-19-25-24-18(21)26(19)16-12-6-4-3-5-11(12)15(29-16)10-7-8-13(22)14(23)9-10/h7-9H,3-6H2,1-2H3,(H,27,28). The monoisotopic (exact) mass is 513 g/mol. The van der Waals surface area contributed by atoms with E-state index in [0.717, 1.165) is 64.5 Å². The summed E-state index contributed by atoms with van der Waals surface area (Å²) in [6.45, 7) is 3.23. The Hall–Kier alpha value is -1.78. The van der Waals surface area contributed by atoms with Crippen LogP contribution in [0.1, 0.15) is 37.8 Å². The van der Waals surface area contributed by atoms with E-state index in [9.17, 15) is 18.7 Å². The van der Waals surface area contributed by atoms with Gasteiger partial charge in [0.2, 0.25) is 4.73 Å². The fourth-order valence-electron chi connectivity index (χ4n) is 3.42. The number of halogens is 3. The van der Waals surface area contributed by atoms with Crippen LogP contribution in [-0.2, 0) is 17.6 Å². The van der Waals surface area contributed by atoms with Crippen LogP contribution >= 0.6 is 39.0 Å². The number of rotatable bonds is 5. The van der Waals surface area contributed by atoms with Gasteiger partial charge in [0, 0.05) is 4.88 Å². The Kier molecular flexibility index (Phi) is 5.75. The molecule has 1 aliphatic carbocycles. The highest BCUT2D eigenvalue weighted by molar-refractivity contribution is 9.10. The van der Waals surface area contributed by atoms with E-state index < -0.39 is 22.4 Å². The van der Waals surface area contributed by atoms with Gasteiger partial charge in [0.05, 0.1) is 0 Å². The number of aromatic nitrogens is 3. The smallest absolute Gasteiger partial charge is 0.319 e. The number of thiophene rings is 1. The number of fused-ring (bicyclic) bond motifs is 1. The van der Waals surface area contributed by atoms with E-state index in [2.05, 4.69) is 26.1 Å². The van der Waals surface area contributed by atoms with Gasteiger partial charge in [-0.3, -0.25) is 9.36 Å². The summed E-state index contributed by atoms with van der Waals surface area (Å²) in [5, 5.41) is 19.1. The maximum absolute atomic E-state index is 13.9. The molecule has 0 spiro atoms. The number of carbonyl (C=O) groups is 1. The lowest BCUT2D eigenvalue weighted by atomic mass is 9.91. The van der Waals surface area contributed by atoms with E-state index >= 15 is 0 Å². The van der Waals surface area contributed by atoms with Gasteiger partial charge in [0.15, 0.2) is 16.8 Å². The molecule has 0 amide bonds. The molecule has 0 saturated heterocycles. The second kappa shape index (κ2) is 8.05. The number of carboxylic acids is 1. The van der Waals surface area contributed by atoms with Gasteiger partial charge in [0.25, 0.3) is 0 Å². The van der Waals surface area contributed by atoms with Gasteiger partial charge in [-0.25, -0.2) is 8.78 Å². The zero-order valence-corrected chi connectivity index (χ0v) is 19.4. The number of nitrogens with zero attached hydrogens (tertiary/aromatic N) is 3. The summed E-state index contributed by atoms with van der Waals surface area (Å²) in [4.78, 5) is 12.5. The van der Waals surface area contributed by atoms with Crippen LogP contribution in [0.2, 0.25) is 0 Å². The van der Waals surface area contributed by atoms with E-state index in [-0.39, 0.29) is 0 Å². The van der Waals surface area contributed by atoms with Gasteiger partial charge in [0.1, 0.15) is 9.75 Å². The molecule has 0 radical (unpaired) electrons.